The molecule has 3 N–H and O–H groups in total. The summed E-state index contributed by atoms with van der Waals surface area (Å²) in [6.07, 6.45) is 0. The third-order valence-corrected chi connectivity index (χ3v) is 2.25. The first-order valence-electron chi connectivity index (χ1n) is 4.28. The van der Waals surface area contributed by atoms with Gasteiger partial charge in [0.1, 0.15) is 11.5 Å². The van der Waals surface area contributed by atoms with Crippen LogP contribution in [0.3, 0.4) is 0 Å². The molecule has 2 aromatic rings. The summed E-state index contributed by atoms with van der Waals surface area (Å²) < 4.78 is 5.05. The molecule has 0 aromatic heterocycles. The average Bonchev–Trinajstić information content (AvgIpc) is 2.23. The number of fused-ring (bicyclic) bond motifs is 1. The van der Waals surface area contributed by atoms with Crippen LogP contribution in [0.1, 0.15) is 0 Å². The number of hydrogen-bond acceptors (Lipinski definition) is 3. The van der Waals surface area contributed by atoms with E-state index in [0.29, 0.717) is 11.4 Å². The molecule has 0 saturated carbocycles. The summed E-state index contributed by atoms with van der Waals surface area (Å²) >= 11 is 0. The molecule has 0 unspecified atom stereocenters. The molecule has 3 heteroatoms. The van der Waals surface area contributed by atoms with Gasteiger partial charge in [-0.1, -0.05) is 24.3 Å². The van der Waals surface area contributed by atoms with Crippen LogP contribution in [0.2, 0.25) is 0 Å². The van der Waals surface area contributed by atoms with E-state index in [9.17, 15) is 5.11 Å². The van der Waals surface area contributed by atoms with Crippen LogP contribution in [0.4, 0.5) is 5.69 Å². The lowest BCUT2D eigenvalue weighted by atomic mass is 10.1. The Balaban J connectivity index is 2.87. The second-order valence-electron chi connectivity index (χ2n) is 3.06. The van der Waals surface area contributed by atoms with E-state index in [1.165, 1.54) is 13.2 Å². The summed E-state index contributed by atoms with van der Waals surface area (Å²) in [6.45, 7) is 0. The lowest BCUT2D eigenvalue weighted by Gasteiger charge is -2.09. The van der Waals surface area contributed by atoms with Crippen molar-refractivity contribution in [3.63, 3.8) is 0 Å². The topological polar surface area (TPSA) is 55.5 Å². The number of nitrogens with two attached hydrogens (primary N) is 1. The summed E-state index contributed by atoms with van der Waals surface area (Å²) in [4.78, 5) is 0. The average molecular weight is 189 g/mol. The first-order chi connectivity index (χ1) is 6.74. The van der Waals surface area contributed by atoms with Gasteiger partial charge in [0.05, 0.1) is 12.8 Å². The number of aromatic hydroxyl groups is 1. The zero-order valence-corrected chi connectivity index (χ0v) is 7.82. The molecule has 0 heterocycles. The zero-order valence-electron chi connectivity index (χ0n) is 7.82. The SMILES string of the molecule is COc1cc(O)c2ccccc2c1N. The highest BCUT2D eigenvalue weighted by molar-refractivity contribution is 5.99. The van der Waals surface area contributed by atoms with Gasteiger partial charge >= 0.3 is 0 Å². The van der Waals surface area contributed by atoms with E-state index < -0.39 is 0 Å². The van der Waals surface area contributed by atoms with E-state index in [4.69, 9.17) is 10.5 Å². The van der Waals surface area contributed by atoms with Gasteiger partial charge in [-0.15, -0.1) is 0 Å². The predicted octanol–water partition coefficient (Wildman–Crippen LogP) is 2.14. The Morgan fingerprint density at radius 3 is 2.50 bits per heavy atom. The monoisotopic (exact) mass is 189 g/mol. The van der Waals surface area contributed by atoms with E-state index in [1.807, 2.05) is 24.3 Å². The van der Waals surface area contributed by atoms with Gasteiger partial charge in [-0.3, -0.25) is 0 Å². The molecule has 14 heavy (non-hydrogen) atoms. The Morgan fingerprint density at radius 2 is 1.86 bits per heavy atom. The van der Waals surface area contributed by atoms with Gasteiger partial charge in [-0.2, -0.15) is 0 Å². The normalized spacial score (nSPS) is 10.4. The van der Waals surface area contributed by atoms with Crippen LogP contribution >= 0.6 is 0 Å². The van der Waals surface area contributed by atoms with Crippen molar-refractivity contribution < 1.29 is 9.84 Å². The maximum absolute atomic E-state index is 9.67. The summed E-state index contributed by atoms with van der Waals surface area (Å²) in [5.41, 5.74) is 6.42. The van der Waals surface area contributed by atoms with Crippen LogP contribution < -0.4 is 10.5 Å². The quantitative estimate of drug-likeness (QED) is 0.533. The third-order valence-electron chi connectivity index (χ3n) is 2.25. The van der Waals surface area contributed by atoms with E-state index >= 15 is 0 Å². The summed E-state index contributed by atoms with van der Waals surface area (Å²) in [5.74, 6) is 0.688. The second kappa shape index (κ2) is 3.10. The Hall–Kier alpha value is -1.90. The standard InChI is InChI=1S/C11H11NO2/c1-14-10-6-9(13)7-4-2-3-5-8(7)11(10)12/h2-6,13H,12H2,1H3. The van der Waals surface area contributed by atoms with E-state index in [2.05, 4.69) is 0 Å². The second-order valence-corrected chi connectivity index (χ2v) is 3.06. The summed E-state index contributed by atoms with van der Waals surface area (Å²) in [7, 11) is 1.53. The number of rotatable bonds is 1. The first-order valence-corrected chi connectivity index (χ1v) is 4.28. The molecule has 72 valence electrons. The number of benzene rings is 2. The van der Waals surface area contributed by atoms with Gasteiger partial charge in [-0.25, -0.2) is 0 Å². The lowest BCUT2D eigenvalue weighted by molar-refractivity contribution is 0.411. The maximum atomic E-state index is 9.67. The Bertz CT molecular complexity index is 480. The highest BCUT2D eigenvalue weighted by Gasteiger charge is 2.08. The van der Waals surface area contributed by atoms with Crippen molar-refractivity contribution in [2.45, 2.75) is 0 Å². The Labute approximate surface area is 81.7 Å². The van der Waals surface area contributed by atoms with Crippen LogP contribution in [0.25, 0.3) is 10.8 Å². The van der Waals surface area contributed by atoms with Crippen molar-refractivity contribution in [1.82, 2.24) is 0 Å². The van der Waals surface area contributed by atoms with Gasteiger partial charge in [-0.05, 0) is 0 Å². The predicted molar refractivity (Wildman–Crippen MR) is 56.6 cm³/mol. The minimum atomic E-state index is 0.187. The zero-order chi connectivity index (χ0) is 10.1. The minimum absolute atomic E-state index is 0.187. The van der Waals surface area contributed by atoms with Crippen molar-refractivity contribution >= 4 is 16.5 Å². The van der Waals surface area contributed by atoms with Gasteiger partial charge in [0.15, 0.2) is 0 Å². The van der Waals surface area contributed by atoms with Gasteiger partial charge in [0, 0.05) is 16.8 Å². The van der Waals surface area contributed by atoms with Crippen molar-refractivity contribution in [2.24, 2.45) is 0 Å². The lowest BCUT2D eigenvalue weighted by Crippen LogP contribution is -1.93. The number of phenolic OH excluding ortho intramolecular Hbond substituents is 1. The number of anilines is 1. The van der Waals surface area contributed by atoms with Gasteiger partial charge in [0.25, 0.3) is 0 Å². The van der Waals surface area contributed by atoms with Crippen molar-refractivity contribution in [1.29, 1.82) is 0 Å². The highest BCUT2D eigenvalue weighted by Crippen LogP contribution is 2.36. The first kappa shape index (κ1) is 8.69. The molecule has 3 nitrogen and oxygen atoms in total. The molecule has 2 rings (SSSR count). The molecule has 0 radical (unpaired) electrons. The largest absolute Gasteiger partial charge is 0.507 e. The molecular formula is C11H11NO2. The Morgan fingerprint density at radius 1 is 1.21 bits per heavy atom. The number of phenols is 1. The molecule has 0 aliphatic rings. The van der Waals surface area contributed by atoms with Gasteiger partial charge < -0.3 is 15.6 Å². The molecule has 0 spiro atoms. The molecule has 2 aromatic carbocycles. The van der Waals surface area contributed by atoms with Crippen molar-refractivity contribution in [3.8, 4) is 11.5 Å². The molecular weight excluding hydrogens is 178 g/mol. The Kier molecular flexibility index (Phi) is 1.93. The van der Waals surface area contributed by atoms with Crippen LogP contribution in [0, 0.1) is 0 Å². The van der Waals surface area contributed by atoms with E-state index in [1.54, 1.807) is 0 Å². The van der Waals surface area contributed by atoms with Crippen LogP contribution in [0.5, 0.6) is 11.5 Å². The third kappa shape index (κ3) is 1.14. The fourth-order valence-corrected chi connectivity index (χ4v) is 1.52. The summed E-state index contributed by atoms with van der Waals surface area (Å²) in [6, 6.07) is 8.93. The molecule has 0 bridgehead atoms. The van der Waals surface area contributed by atoms with Gasteiger partial charge in [0.2, 0.25) is 0 Å². The van der Waals surface area contributed by atoms with E-state index in [-0.39, 0.29) is 5.75 Å². The smallest absolute Gasteiger partial charge is 0.146 e. The molecule has 0 saturated heterocycles. The maximum Gasteiger partial charge on any atom is 0.146 e. The summed E-state index contributed by atoms with van der Waals surface area (Å²) in [5, 5.41) is 11.2. The minimum Gasteiger partial charge on any atom is -0.507 e. The van der Waals surface area contributed by atoms with Crippen molar-refractivity contribution in [3.05, 3.63) is 30.3 Å². The molecule has 0 aliphatic carbocycles. The van der Waals surface area contributed by atoms with E-state index in [0.717, 1.165) is 10.8 Å². The number of methoxy groups -OCH3 is 1. The van der Waals surface area contributed by atoms with Crippen LogP contribution in [0.15, 0.2) is 30.3 Å². The van der Waals surface area contributed by atoms with Crippen LogP contribution in [-0.2, 0) is 0 Å². The molecule has 0 atom stereocenters. The number of hydrogen-bond donors (Lipinski definition) is 2. The fourth-order valence-electron chi connectivity index (χ4n) is 1.52. The molecule has 0 fully saturated rings. The van der Waals surface area contributed by atoms with Crippen molar-refractivity contribution in [2.75, 3.05) is 12.8 Å². The number of ether oxygens (including phenoxy) is 1. The van der Waals surface area contributed by atoms with Crippen LogP contribution in [-0.4, -0.2) is 12.2 Å². The molecule has 0 aliphatic heterocycles. The number of nitrogen functional groups attached to an aromatic ring is 1. The molecule has 0 amide bonds. The fraction of sp³-hybridized carbons (Fsp3) is 0.0909. The highest BCUT2D eigenvalue weighted by atomic mass is 16.5.